The van der Waals surface area contributed by atoms with E-state index in [4.69, 9.17) is 4.74 Å². The molecule has 1 atom stereocenters. The van der Waals surface area contributed by atoms with Crippen molar-refractivity contribution in [2.45, 2.75) is 33.2 Å². The molecule has 0 bridgehead atoms. The van der Waals surface area contributed by atoms with Gasteiger partial charge in [-0.25, -0.2) is 0 Å². The quantitative estimate of drug-likeness (QED) is 0.898. The van der Waals surface area contributed by atoms with Crippen molar-refractivity contribution in [3.8, 4) is 5.75 Å². The lowest BCUT2D eigenvalue weighted by molar-refractivity contribution is 0.0935. The Bertz CT molecular complexity index is 647. The molecule has 2 aromatic rings. The molecule has 0 radical (unpaired) electrons. The Morgan fingerprint density at radius 1 is 1.09 bits per heavy atom. The molecule has 2 aromatic carbocycles. The average molecular weight is 297 g/mol. The Morgan fingerprint density at radius 2 is 1.77 bits per heavy atom. The highest BCUT2D eigenvalue weighted by Crippen LogP contribution is 2.21. The Morgan fingerprint density at radius 3 is 2.32 bits per heavy atom. The van der Waals surface area contributed by atoms with Gasteiger partial charge in [-0.05, 0) is 61.2 Å². The third-order valence-electron chi connectivity index (χ3n) is 4.00. The van der Waals surface area contributed by atoms with Crippen LogP contribution in [0.25, 0.3) is 0 Å². The monoisotopic (exact) mass is 297 g/mol. The van der Waals surface area contributed by atoms with E-state index in [1.54, 1.807) is 31.4 Å². The van der Waals surface area contributed by atoms with Gasteiger partial charge in [0.2, 0.25) is 0 Å². The fourth-order valence-corrected chi connectivity index (χ4v) is 2.39. The van der Waals surface area contributed by atoms with E-state index in [0.717, 1.165) is 17.7 Å². The predicted molar refractivity (Wildman–Crippen MR) is 89.4 cm³/mol. The smallest absolute Gasteiger partial charge is 0.251 e. The van der Waals surface area contributed by atoms with Crippen molar-refractivity contribution in [1.29, 1.82) is 0 Å². The largest absolute Gasteiger partial charge is 0.497 e. The normalized spacial score (nSPS) is 11.8. The lowest BCUT2D eigenvalue weighted by Crippen LogP contribution is -2.28. The van der Waals surface area contributed by atoms with Crippen LogP contribution in [0.15, 0.2) is 42.5 Å². The number of carbonyl (C=O) groups is 1. The van der Waals surface area contributed by atoms with E-state index in [9.17, 15) is 4.79 Å². The van der Waals surface area contributed by atoms with Crippen molar-refractivity contribution < 1.29 is 9.53 Å². The van der Waals surface area contributed by atoms with E-state index in [2.05, 4.69) is 44.3 Å². The van der Waals surface area contributed by atoms with Crippen LogP contribution >= 0.6 is 0 Å². The standard InChI is InChI=1S/C19H23NO2/c1-5-18(16-7-6-13(2)14(3)12-16)20-19(21)15-8-10-17(22-4)11-9-15/h6-12,18H,5H2,1-4H3,(H,20,21)/t18-/m0/s1. The predicted octanol–water partition coefficient (Wildman–Crippen LogP) is 4.19. The summed E-state index contributed by atoms with van der Waals surface area (Å²) >= 11 is 0. The van der Waals surface area contributed by atoms with Crippen LogP contribution in [0.3, 0.4) is 0 Å². The summed E-state index contributed by atoms with van der Waals surface area (Å²) in [6.45, 7) is 6.26. The molecule has 2 rings (SSSR count). The number of carbonyl (C=O) groups excluding carboxylic acids is 1. The van der Waals surface area contributed by atoms with Crippen LogP contribution in [0.2, 0.25) is 0 Å². The van der Waals surface area contributed by atoms with Gasteiger partial charge in [-0.3, -0.25) is 4.79 Å². The van der Waals surface area contributed by atoms with Gasteiger partial charge in [-0.1, -0.05) is 25.1 Å². The van der Waals surface area contributed by atoms with Crippen LogP contribution in [0.1, 0.15) is 46.4 Å². The Kier molecular flexibility index (Phi) is 5.21. The van der Waals surface area contributed by atoms with Crippen LogP contribution in [0.4, 0.5) is 0 Å². The molecule has 0 saturated heterocycles. The van der Waals surface area contributed by atoms with E-state index >= 15 is 0 Å². The topological polar surface area (TPSA) is 38.3 Å². The Balaban J connectivity index is 2.14. The van der Waals surface area contributed by atoms with Gasteiger partial charge in [-0.15, -0.1) is 0 Å². The molecule has 1 N–H and O–H groups in total. The van der Waals surface area contributed by atoms with E-state index < -0.39 is 0 Å². The SMILES string of the molecule is CC[C@H](NC(=O)c1ccc(OC)cc1)c1ccc(C)c(C)c1. The average Bonchev–Trinajstić information content (AvgIpc) is 2.55. The molecular formula is C19H23NO2. The first-order valence-electron chi connectivity index (χ1n) is 7.57. The summed E-state index contributed by atoms with van der Waals surface area (Å²) < 4.78 is 5.11. The van der Waals surface area contributed by atoms with E-state index in [-0.39, 0.29) is 11.9 Å². The van der Waals surface area contributed by atoms with E-state index in [1.807, 2.05) is 0 Å². The molecule has 0 aliphatic heterocycles. The van der Waals surface area contributed by atoms with Crippen LogP contribution in [-0.2, 0) is 0 Å². The summed E-state index contributed by atoms with van der Waals surface area (Å²) in [5.41, 5.74) is 4.30. The van der Waals surface area contributed by atoms with Crippen LogP contribution < -0.4 is 10.1 Å². The van der Waals surface area contributed by atoms with Gasteiger partial charge in [0, 0.05) is 5.56 Å². The fraction of sp³-hybridized carbons (Fsp3) is 0.316. The summed E-state index contributed by atoms with van der Waals surface area (Å²) in [6, 6.07) is 13.5. The van der Waals surface area contributed by atoms with Gasteiger partial charge >= 0.3 is 0 Å². The minimum atomic E-state index is -0.0623. The Labute approximate surface area is 132 Å². The second-order valence-corrected chi connectivity index (χ2v) is 5.51. The molecule has 0 spiro atoms. The number of benzene rings is 2. The highest BCUT2D eigenvalue weighted by Gasteiger charge is 2.14. The van der Waals surface area contributed by atoms with Crippen molar-refractivity contribution in [1.82, 2.24) is 5.32 Å². The minimum absolute atomic E-state index is 0.0221. The first-order valence-corrected chi connectivity index (χ1v) is 7.57. The molecule has 0 fully saturated rings. The molecule has 1 amide bonds. The maximum Gasteiger partial charge on any atom is 0.251 e. The van der Waals surface area contributed by atoms with Crippen LogP contribution in [0.5, 0.6) is 5.75 Å². The molecule has 3 nitrogen and oxygen atoms in total. The third kappa shape index (κ3) is 3.67. The molecule has 0 aromatic heterocycles. The Hall–Kier alpha value is -2.29. The number of ether oxygens (including phenoxy) is 1. The number of methoxy groups -OCH3 is 1. The van der Waals surface area contributed by atoms with Gasteiger partial charge in [0.05, 0.1) is 13.2 Å². The number of hydrogen-bond acceptors (Lipinski definition) is 2. The van der Waals surface area contributed by atoms with Gasteiger partial charge in [0.15, 0.2) is 0 Å². The summed E-state index contributed by atoms with van der Waals surface area (Å²) in [7, 11) is 1.61. The number of nitrogens with one attached hydrogen (secondary N) is 1. The molecule has 116 valence electrons. The lowest BCUT2D eigenvalue weighted by atomic mass is 9.99. The molecule has 3 heteroatoms. The first-order chi connectivity index (χ1) is 10.5. The number of rotatable bonds is 5. The van der Waals surface area contributed by atoms with Gasteiger partial charge in [-0.2, -0.15) is 0 Å². The molecule has 0 aliphatic carbocycles. The molecule has 0 unspecified atom stereocenters. The molecule has 0 saturated carbocycles. The minimum Gasteiger partial charge on any atom is -0.497 e. The summed E-state index contributed by atoms with van der Waals surface area (Å²) in [5, 5.41) is 3.10. The highest BCUT2D eigenvalue weighted by atomic mass is 16.5. The molecule has 0 heterocycles. The third-order valence-corrected chi connectivity index (χ3v) is 4.00. The van der Waals surface area contributed by atoms with Crippen LogP contribution in [0, 0.1) is 13.8 Å². The van der Waals surface area contributed by atoms with Crippen molar-refractivity contribution in [3.63, 3.8) is 0 Å². The summed E-state index contributed by atoms with van der Waals surface area (Å²) in [6.07, 6.45) is 0.852. The zero-order valence-corrected chi connectivity index (χ0v) is 13.6. The molecule has 0 aliphatic rings. The van der Waals surface area contributed by atoms with Gasteiger partial charge < -0.3 is 10.1 Å². The highest BCUT2D eigenvalue weighted by molar-refractivity contribution is 5.94. The molecule has 22 heavy (non-hydrogen) atoms. The van der Waals surface area contributed by atoms with Gasteiger partial charge in [0.25, 0.3) is 5.91 Å². The second-order valence-electron chi connectivity index (χ2n) is 5.51. The second kappa shape index (κ2) is 7.12. The maximum atomic E-state index is 12.4. The first kappa shape index (κ1) is 16.1. The molecular weight excluding hydrogens is 274 g/mol. The fourth-order valence-electron chi connectivity index (χ4n) is 2.39. The number of hydrogen-bond donors (Lipinski definition) is 1. The van der Waals surface area contributed by atoms with Gasteiger partial charge in [0.1, 0.15) is 5.75 Å². The maximum absolute atomic E-state index is 12.4. The van der Waals surface area contributed by atoms with Crippen molar-refractivity contribution in [3.05, 3.63) is 64.7 Å². The number of aryl methyl sites for hydroxylation is 2. The van der Waals surface area contributed by atoms with Crippen LogP contribution in [-0.4, -0.2) is 13.0 Å². The zero-order valence-electron chi connectivity index (χ0n) is 13.6. The van der Waals surface area contributed by atoms with Crippen molar-refractivity contribution in [2.75, 3.05) is 7.11 Å². The lowest BCUT2D eigenvalue weighted by Gasteiger charge is -2.19. The van der Waals surface area contributed by atoms with Crippen molar-refractivity contribution >= 4 is 5.91 Å². The van der Waals surface area contributed by atoms with Crippen molar-refractivity contribution in [2.24, 2.45) is 0 Å². The number of amides is 1. The van der Waals surface area contributed by atoms with E-state index in [0.29, 0.717) is 5.56 Å². The van der Waals surface area contributed by atoms with E-state index in [1.165, 1.54) is 11.1 Å². The summed E-state index contributed by atoms with van der Waals surface area (Å²) in [5.74, 6) is 0.686. The summed E-state index contributed by atoms with van der Waals surface area (Å²) in [4.78, 5) is 12.4. The zero-order chi connectivity index (χ0) is 16.1.